The van der Waals surface area contributed by atoms with Gasteiger partial charge in [-0.3, -0.25) is 9.10 Å². The van der Waals surface area contributed by atoms with E-state index >= 15 is 0 Å². The van der Waals surface area contributed by atoms with Crippen molar-refractivity contribution in [1.29, 1.82) is 0 Å². The highest BCUT2D eigenvalue weighted by Crippen LogP contribution is 2.39. The smallest absolute Gasteiger partial charge is 0.267 e. The van der Waals surface area contributed by atoms with Crippen LogP contribution in [0.25, 0.3) is 10.8 Å². The van der Waals surface area contributed by atoms with Crippen LogP contribution in [0.2, 0.25) is 0 Å². The van der Waals surface area contributed by atoms with Gasteiger partial charge in [-0.05, 0) is 84.3 Å². The molecule has 188 valence electrons. The van der Waals surface area contributed by atoms with Gasteiger partial charge in [0.1, 0.15) is 11.5 Å². The Labute approximate surface area is 215 Å². The van der Waals surface area contributed by atoms with Gasteiger partial charge in [0, 0.05) is 11.1 Å². The molecule has 0 aromatic heterocycles. The van der Waals surface area contributed by atoms with Crippen molar-refractivity contribution in [3.63, 3.8) is 0 Å². The van der Waals surface area contributed by atoms with Crippen LogP contribution in [0.4, 0.5) is 11.4 Å². The van der Waals surface area contributed by atoms with Crippen LogP contribution in [0.15, 0.2) is 77.7 Å². The Morgan fingerprint density at radius 1 is 1.00 bits per heavy atom. The second kappa shape index (κ2) is 8.81. The molecule has 0 unspecified atom stereocenters. The highest BCUT2D eigenvalue weighted by molar-refractivity contribution is 7.92. The van der Waals surface area contributed by atoms with E-state index in [4.69, 9.17) is 9.47 Å². The molecule has 1 N–H and O–H groups in total. The van der Waals surface area contributed by atoms with Crippen molar-refractivity contribution in [1.82, 2.24) is 0 Å². The van der Waals surface area contributed by atoms with Gasteiger partial charge >= 0.3 is 0 Å². The number of hydrogen-bond donors (Lipinski definition) is 1. The highest BCUT2D eigenvalue weighted by atomic mass is 32.2. The molecule has 0 radical (unpaired) electrons. The van der Waals surface area contributed by atoms with E-state index in [1.165, 1.54) is 40.1 Å². The van der Waals surface area contributed by atoms with Gasteiger partial charge in [-0.25, -0.2) is 8.42 Å². The quantitative estimate of drug-likeness (QED) is 0.412. The standard InChI is InChI=1S/C29H26N2O5S/c1-18-6-15-26-25(16-18)31(37(33,34)22-12-10-21(35-2)11-13-22)17-27(36-26)29(32)30-24-14-9-20-8-7-19-4-3-5-23(24)28(19)20/h3-6,9-16,27H,7-8,17H2,1-2H3,(H,30,32)/t27-/m0/s1. The molecule has 37 heavy (non-hydrogen) atoms. The largest absolute Gasteiger partial charge is 0.497 e. The molecular formula is C29H26N2O5S. The van der Waals surface area contributed by atoms with Crippen LogP contribution in [0.5, 0.6) is 11.5 Å². The second-order valence-electron chi connectivity index (χ2n) is 9.39. The van der Waals surface area contributed by atoms with E-state index in [1.54, 1.807) is 24.3 Å². The first-order valence-corrected chi connectivity index (χ1v) is 13.6. The van der Waals surface area contributed by atoms with Gasteiger partial charge < -0.3 is 14.8 Å². The maximum atomic E-state index is 13.7. The normalized spacial score (nSPS) is 16.3. The number of aryl methyl sites for hydroxylation is 3. The van der Waals surface area contributed by atoms with Gasteiger partial charge in [-0.2, -0.15) is 0 Å². The van der Waals surface area contributed by atoms with E-state index in [0.717, 1.165) is 23.8 Å². The zero-order chi connectivity index (χ0) is 25.7. The highest BCUT2D eigenvalue weighted by Gasteiger charge is 2.38. The molecule has 0 spiro atoms. The average molecular weight is 515 g/mol. The number of hydrogen-bond acceptors (Lipinski definition) is 5. The summed E-state index contributed by atoms with van der Waals surface area (Å²) in [6, 6.07) is 21.6. The Bertz CT molecular complexity index is 1640. The summed E-state index contributed by atoms with van der Waals surface area (Å²) >= 11 is 0. The number of sulfonamides is 1. The zero-order valence-electron chi connectivity index (χ0n) is 20.5. The monoisotopic (exact) mass is 514 g/mol. The zero-order valence-corrected chi connectivity index (χ0v) is 21.3. The molecule has 1 aliphatic carbocycles. The first-order chi connectivity index (χ1) is 17.8. The van der Waals surface area contributed by atoms with Crippen LogP contribution >= 0.6 is 0 Å². The number of carbonyl (C=O) groups excluding carboxylic acids is 1. The van der Waals surface area contributed by atoms with Crippen LogP contribution in [0.1, 0.15) is 16.7 Å². The predicted molar refractivity (Wildman–Crippen MR) is 143 cm³/mol. The van der Waals surface area contributed by atoms with E-state index in [1.807, 2.05) is 31.2 Å². The van der Waals surface area contributed by atoms with E-state index in [-0.39, 0.29) is 11.4 Å². The second-order valence-corrected chi connectivity index (χ2v) is 11.3. The molecule has 4 aromatic rings. The van der Waals surface area contributed by atoms with Crippen LogP contribution in [0.3, 0.4) is 0 Å². The van der Waals surface area contributed by atoms with Crippen molar-refractivity contribution in [3.8, 4) is 11.5 Å². The fourth-order valence-electron chi connectivity index (χ4n) is 5.17. The Hall–Kier alpha value is -4.04. The number of rotatable bonds is 5. The molecule has 6 rings (SSSR count). The number of fused-ring (bicyclic) bond motifs is 1. The van der Waals surface area contributed by atoms with Gasteiger partial charge in [-0.15, -0.1) is 0 Å². The molecule has 8 heteroatoms. The lowest BCUT2D eigenvalue weighted by Gasteiger charge is -2.35. The summed E-state index contributed by atoms with van der Waals surface area (Å²) in [4.78, 5) is 13.6. The maximum absolute atomic E-state index is 13.7. The van der Waals surface area contributed by atoms with Crippen molar-refractivity contribution in [2.45, 2.75) is 30.8 Å². The summed E-state index contributed by atoms with van der Waals surface area (Å²) < 4.78 is 40.0. The molecule has 0 bridgehead atoms. The number of nitrogens with zero attached hydrogens (tertiary/aromatic N) is 1. The molecule has 0 fully saturated rings. The van der Waals surface area contributed by atoms with E-state index in [9.17, 15) is 13.2 Å². The SMILES string of the molecule is COc1ccc(S(=O)(=O)N2C[C@@H](C(=O)Nc3ccc4c5c(cccc35)CC4)Oc3ccc(C)cc32)cc1. The van der Waals surface area contributed by atoms with Crippen molar-refractivity contribution in [3.05, 3.63) is 89.5 Å². The molecule has 0 saturated carbocycles. The number of anilines is 2. The Kier molecular flexibility index (Phi) is 5.56. The van der Waals surface area contributed by atoms with E-state index in [0.29, 0.717) is 22.9 Å². The number of carbonyl (C=O) groups is 1. The molecule has 1 atom stereocenters. The minimum atomic E-state index is -3.98. The summed E-state index contributed by atoms with van der Waals surface area (Å²) in [5.41, 5.74) is 4.53. The predicted octanol–water partition coefficient (Wildman–Crippen LogP) is 4.85. The first-order valence-electron chi connectivity index (χ1n) is 12.1. The molecule has 7 nitrogen and oxygen atoms in total. The Balaban J connectivity index is 1.35. The average Bonchev–Trinajstić information content (AvgIpc) is 3.34. The lowest BCUT2D eigenvalue weighted by molar-refractivity contribution is -0.122. The summed E-state index contributed by atoms with van der Waals surface area (Å²) in [6.07, 6.45) is 0.945. The fraction of sp³-hybridized carbons (Fsp3) is 0.207. The third-order valence-electron chi connectivity index (χ3n) is 7.06. The third-order valence-corrected chi connectivity index (χ3v) is 8.85. The van der Waals surface area contributed by atoms with Crippen LogP contribution < -0.4 is 19.1 Å². The van der Waals surface area contributed by atoms with Gasteiger partial charge in [-0.1, -0.05) is 30.3 Å². The minimum absolute atomic E-state index is 0.106. The van der Waals surface area contributed by atoms with E-state index in [2.05, 4.69) is 17.4 Å². The van der Waals surface area contributed by atoms with Crippen molar-refractivity contribution in [2.75, 3.05) is 23.3 Å². The third kappa shape index (κ3) is 3.97. The van der Waals surface area contributed by atoms with Crippen LogP contribution in [-0.2, 0) is 27.7 Å². The summed E-state index contributed by atoms with van der Waals surface area (Å²) in [7, 11) is -2.45. The maximum Gasteiger partial charge on any atom is 0.267 e. The summed E-state index contributed by atoms with van der Waals surface area (Å²) in [5.74, 6) is 0.495. The first kappa shape index (κ1) is 23.4. The number of amides is 1. The van der Waals surface area contributed by atoms with Crippen molar-refractivity contribution < 1.29 is 22.7 Å². The molecule has 1 aliphatic heterocycles. The molecular weight excluding hydrogens is 488 g/mol. The number of nitrogens with one attached hydrogen (secondary N) is 1. The summed E-state index contributed by atoms with van der Waals surface area (Å²) in [6.45, 7) is 1.73. The molecule has 1 heterocycles. The van der Waals surface area contributed by atoms with Crippen molar-refractivity contribution >= 4 is 38.1 Å². The Morgan fingerprint density at radius 2 is 1.76 bits per heavy atom. The topological polar surface area (TPSA) is 84.9 Å². The lowest BCUT2D eigenvalue weighted by Crippen LogP contribution is -2.48. The van der Waals surface area contributed by atoms with Crippen LogP contribution in [0, 0.1) is 6.92 Å². The molecule has 1 amide bonds. The molecule has 0 saturated heterocycles. The summed E-state index contributed by atoms with van der Waals surface area (Å²) in [5, 5.41) is 5.18. The number of ether oxygens (including phenoxy) is 2. The van der Waals surface area contributed by atoms with Gasteiger partial charge in [0.15, 0.2) is 6.10 Å². The van der Waals surface area contributed by atoms with Crippen LogP contribution in [-0.4, -0.2) is 34.1 Å². The number of benzene rings is 4. The van der Waals surface area contributed by atoms with Gasteiger partial charge in [0.2, 0.25) is 0 Å². The molecule has 4 aromatic carbocycles. The van der Waals surface area contributed by atoms with Gasteiger partial charge in [0.05, 0.1) is 24.2 Å². The fourth-order valence-corrected chi connectivity index (χ4v) is 6.64. The minimum Gasteiger partial charge on any atom is -0.497 e. The lowest BCUT2D eigenvalue weighted by atomic mass is 10.0. The van der Waals surface area contributed by atoms with E-state index < -0.39 is 22.0 Å². The van der Waals surface area contributed by atoms with Gasteiger partial charge in [0.25, 0.3) is 15.9 Å². The van der Waals surface area contributed by atoms with Crippen molar-refractivity contribution in [2.24, 2.45) is 0 Å². The molecule has 2 aliphatic rings. The number of methoxy groups -OCH3 is 1. The Morgan fingerprint density at radius 3 is 2.51 bits per heavy atom.